The molecular formula is C20H19F3N4O3. The molecule has 1 aliphatic rings. The van der Waals surface area contributed by atoms with E-state index in [0.717, 1.165) is 10.9 Å². The maximum Gasteiger partial charge on any atom is 0.410 e. The van der Waals surface area contributed by atoms with Crippen molar-refractivity contribution in [2.75, 3.05) is 12.4 Å². The number of fused-ring (bicyclic) bond motifs is 1. The van der Waals surface area contributed by atoms with E-state index >= 15 is 0 Å². The van der Waals surface area contributed by atoms with Crippen LogP contribution in [0.25, 0.3) is 0 Å². The van der Waals surface area contributed by atoms with Gasteiger partial charge in [0.15, 0.2) is 6.04 Å². The van der Waals surface area contributed by atoms with Crippen LogP contribution in [0.2, 0.25) is 0 Å². The number of hydrogen-bond acceptors (Lipinski definition) is 5. The number of methoxy groups -OCH3 is 1. The molecule has 0 saturated carbocycles. The Bertz CT molecular complexity index is 1030. The monoisotopic (exact) mass is 420 g/mol. The second kappa shape index (κ2) is 7.77. The summed E-state index contributed by atoms with van der Waals surface area (Å²) in [5, 5.41) is 9.54. The van der Waals surface area contributed by atoms with Crippen LogP contribution in [-0.2, 0) is 6.54 Å². The number of ether oxygens (including phenoxy) is 1. The van der Waals surface area contributed by atoms with E-state index in [9.17, 15) is 18.0 Å². The van der Waals surface area contributed by atoms with Crippen molar-refractivity contribution in [2.45, 2.75) is 31.2 Å². The highest BCUT2D eigenvalue weighted by Crippen LogP contribution is 2.44. The van der Waals surface area contributed by atoms with E-state index in [4.69, 9.17) is 9.15 Å². The minimum Gasteiger partial charge on any atom is -0.497 e. The van der Waals surface area contributed by atoms with E-state index in [1.165, 1.54) is 13.4 Å². The van der Waals surface area contributed by atoms with Crippen LogP contribution in [-0.4, -0.2) is 29.0 Å². The van der Waals surface area contributed by atoms with Crippen LogP contribution in [0.3, 0.4) is 0 Å². The first kappa shape index (κ1) is 19.9. The summed E-state index contributed by atoms with van der Waals surface area (Å²) in [4.78, 5) is 12.6. The lowest BCUT2D eigenvalue weighted by molar-refractivity contribution is -0.173. The molecule has 4 rings (SSSR count). The van der Waals surface area contributed by atoms with E-state index in [0.29, 0.717) is 17.1 Å². The van der Waals surface area contributed by atoms with Gasteiger partial charge in [0.2, 0.25) is 0 Å². The van der Waals surface area contributed by atoms with Gasteiger partial charge in [0, 0.05) is 6.42 Å². The number of nitrogens with one attached hydrogen (secondary N) is 2. The zero-order valence-corrected chi connectivity index (χ0v) is 15.9. The fourth-order valence-electron chi connectivity index (χ4n) is 3.48. The Hall–Kier alpha value is -3.43. The minimum absolute atomic E-state index is 0.0216. The van der Waals surface area contributed by atoms with Crippen molar-refractivity contribution in [1.29, 1.82) is 0 Å². The molecule has 7 nitrogen and oxygen atoms in total. The number of nitrogens with zero attached hydrogens (tertiary/aromatic N) is 2. The van der Waals surface area contributed by atoms with Gasteiger partial charge in [0.25, 0.3) is 5.91 Å². The first-order chi connectivity index (χ1) is 14.4. The van der Waals surface area contributed by atoms with Gasteiger partial charge in [-0.1, -0.05) is 12.1 Å². The fraction of sp³-hybridized carbons (Fsp3) is 0.300. The largest absolute Gasteiger partial charge is 0.497 e. The van der Waals surface area contributed by atoms with Gasteiger partial charge < -0.3 is 19.8 Å². The number of carbonyl (C=O) groups excluding carboxylic acids is 1. The van der Waals surface area contributed by atoms with E-state index in [2.05, 4.69) is 15.7 Å². The molecule has 0 bridgehead atoms. The summed E-state index contributed by atoms with van der Waals surface area (Å²) in [6.07, 6.45) is -2.18. The van der Waals surface area contributed by atoms with Gasteiger partial charge in [-0.2, -0.15) is 18.3 Å². The number of furan rings is 1. The Morgan fingerprint density at radius 3 is 2.90 bits per heavy atom. The van der Waals surface area contributed by atoms with Gasteiger partial charge in [-0.25, -0.2) is 4.68 Å². The molecule has 1 aromatic carbocycles. The predicted molar refractivity (Wildman–Crippen MR) is 101 cm³/mol. The maximum absolute atomic E-state index is 13.8. The number of anilines is 1. The third-order valence-electron chi connectivity index (χ3n) is 4.98. The van der Waals surface area contributed by atoms with Crippen LogP contribution < -0.4 is 15.4 Å². The second-order valence-corrected chi connectivity index (χ2v) is 6.88. The molecule has 0 unspecified atom stereocenters. The molecule has 0 fully saturated rings. The summed E-state index contributed by atoms with van der Waals surface area (Å²) >= 11 is 0. The molecule has 10 heteroatoms. The molecule has 2 atom stereocenters. The zero-order chi connectivity index (χ0) is 21.3. The fourth-order valence-corrected chi connectivity index (χ4v) is 3.48. The highest BCUT2D eigenvalue weighted by atomic mass is 19.4. The van der Waals surface area contributed by atoms with Crippen molar-refractivity contribution < 1.29 is 27.1 Å². The van der Waals surface area contributed by atoms with Crippen LogP contribution in [0, 0.1) is 0 Å². The first-order valence-electron chi connectivity index (χ1n) is 9.22. The number of hydrogen-bond donors (Lipinski definition) is 2. The molecule has 1 aliphatic heterocycles. The molecule has 0 radical (unpaired) electrons. The highest BCUT2D eigenvalue weighted by molar-refractivity contribution is 5.98. The summed E-state index contributed by atoms with van der Waals surface area (Å²) in [7, 11) is 1.49. The van der Waals surface area contributed by atoms with E-state index in [-0.39, 0.29) is 24.3 Å². The summed E-state index contributed by atoms with van der Waals surface area (Å²) in [6, 6.07) is 7.64. The number of alkyl halides is 3. The average Bonchev–Trinajstić information content (AvgIpc) is 3.40. The van der Waals surface area contributed by atoms with Gasteiger partial charge >= 0.3 is 6.18 Å². The molecular weight excluding hydrogens is 401 g/mol. The number of amides is 1. The number of rotatable bonds is 5. The van der Waals surface area contributed by atoms with Crippen molar-refractivity contribution in [2.24, 2.45) is 0 Å². The van der Waals surface area contributed by atoms with Crippen molar-refractivity contribution >= 4 is 11.7 Å². The first-order valence-corrected chi connectivity index (χ1v) is 9.22. The van der Waals surface area contributed by atoms with Crippen molar-refractivity contribution in [3.05, 3.63) is 65.7 Å². The van der Waals surface area contributed by atoms with Gasteiger partial charge in [-0.3, -0.25) is 4.79 Å². The molecule has 0 aliphatic carbocycles. The van der Waals surface area contributed by atoms with E-state index in [1.54, 1.807) is 36.4 Å². The molecule has 2 N–H and O–H groups in total. The van der Waals surface area contributed by atoms with Gasteiger partial charge in [0.1, 0.15) is 22.9 Å². The van der Waals surface area contributed by atoms with Crippen LogP contribution in [0.5, 0.6) is 5.75 Å². The molecule has 3 heterocycles. The number of carbonyl (C=O) groups is 1. The SMILES string of the molecule is COc1cccc([C@@H]2C[C@H](C(F)(F)F)n3ncc(C(=O)NCc4ccco4)c3N2)c1. The number of halogens is 3. The zero-order valence-electron chi connectivity index (χ0n) is 15.9. The van der Waals surface area contributed by atoms with E-state index in [1.807, 2.05) is 0 Å². The minimum atomic E-state index is -4.53. The van der Waals surface area contributed by atoms with Crippen LogP contribution in [0.4, 0.5) is 19.0 Å². The quantitative estimate of drug-likeness (QED) is 0.650. The third kappa shape index (κ3) is 3.85. The molecule has 0 saturated heterocycles. The predicted octanol–water partition coefficient (Wildman–Crippen LogP) is 4.08. The smallest absolute Gasteiger partial charge is 0.410 e. The lowest BCUT2D eigenvalue weighted by Crippen LogP contribution is -2.36. The Morgan fingerprint density at radius 2 is 2.20 bits per heavy atom. The Morgan fingerprint density at radius 1 is 1.37 bits per heavy atom. The molecule has 158 valence electrons. The van der Waals surface area contributed by atoms with Gasteiger partial charge in [-0.05, 0) is 29.8 Å². The molecule has 3 aromatic rings. The highest BCUT2D eigenvalue weighted by Gasteiger charge is 2.47. The lowest BCUT2D eigenvalue weighted by Gasteiger charge is -2.34. The normalized spacial score (nSPS) is 18.4. The Balaban J connectivity index is 1.65. The molecule has 30 heavy (non-hydrogen) atoms. The van der Waals surface area contributed by atoms with Crippen molar-refractivity contribution in [3.8, 4) is 5.75 Å². The molecule has 2 aromatic heterocycles. The summed E-state index contributed by atoms with van der Waals surface area (Å²) in [5.74, 6) is 0.536. The molecule has 1 amide bonds. The van der Waals surface area contributed by atoms with Crippen LogP contribution in [0.1, 0.15) is 40.2 Å². The Labute approximate surface area is 169 Å². The van der Waals surface area contributed by atoms with Crippen molar-refractivity contribution in [1.82, 2.24) is 15.1 Å². The van der Waals surface area contributed by atoms with Crippen LogP contribution in [0.15, 0.2) is 53.3 Å². The number of benzene rings is 1. The number of aromatic nitrogens is 2. The Kier molecular flexibility index (Phi) is 5.15. The van der Waals surface area contributed by atoms with Crippen molar-refractivity contribution in [3.63, 3.8) is 0 Å². The second-order valence-electron chi connectivity index (χ2n) is 6.88. The summed E-state index contributed by atoms with van der Waals surface area (Å²) in [6.45, 7) is 0.110. The molecule has 0 spiro atoms. The summed E-state index contributed by atoms with van der Waals surface area (Å²) in [5.41, 5.74) is 0.654. The average molecular weight is 420 g/mol. The standard InChI is InChI=1S/C20H19F3N4O3/c1-29-13-5-2-4-12(8-13)16-9-17(20(21,22)23)27-18(26-16)15(11-25-27)19(28)24-10-14-6-3-7-30-14/h2-8,11,16-17,26H,9-10H2,1H3,(H,24,28)/t16-,17+/m0/s1. The van der Waals surface area contributed by atoms with Gasteiger partial charge in [-0.15, -0.1) is 0 Å². The topological polar surface area (TPSA) is 81.3 Å². The van der Waals surface area contributed by atoms with Crippen LogP contribution >= 0.6 is 0 Å². The maximum atomic E-state index is 13.8. The lowest BCUT2D eigenvalue weighted by atomic mass is 9.96. The summed E-state index contributed by atoms with van der Waals surface area (Å²) < 4.78 is 52.5. The van der Waals surface area contributed by atoms with Gasteiger partial charge in [0.05, 0.1) is 32.2 Å². The third-order valence-corrected chi connectivity index (χ3v) is 4.98. The van der Waals surface area contributed by atoms with E-state index < -0.39 is 24.2 Å².